The van der Waals surface area contributed by atoms with E-state index in [4.69, 9.17) is 10.5 Å². The van der Waals surface area contributed by atoms with Gasteiger partial charge in [-0.1, -0.05) is 24.3 Å². The summed E-state index contributed by atoms with van der Waals surface area (Å²) in [6.45, 7) is 0. The molecule has 0 atom stereocenters. The number of hydrogen-bond acceptors (Lipinski definition) is 2. The number of benzene rings is 3. The molecule has 1 aliphatic rings. The minimum Gasteiger partial charge on any atom is -0.497 e. The number of anilines is 1. The molecule has 0 aliphatic heterocycles. The molecular formula is C21H21N3O. The lowest BCUT2D eigenvalue weighted by molar-refractivity contribution is 0.415. The fraction of sp³-hybridized carbons (Fsp3) is 0.190. The summed E-state index contributed by atoms with van der Waals surface area (Å²) in [6, 6.07) is 18.4. The fourth-order valence-corrected chi connectivity index (χ4v) is 3.55. The molecule has 1 aliphatic carbocycles. The van der Waals surface area contributed by atoms with Crippen molar-refractivity contribution < 1.29 is 4.74 Å². The molecule has 4 rings (SSSR count). The summed E-state index contributed by atoms with van der Waals surface area (Å²) in [5, 5.41) is 2.68. The number of hydrogen-bond donors (Lipinski definition) is 1. The summed E-state index contributed by atoms with van der Waals surface area (Å²) in [4.78, 5) is 6.52. The summed E-state index contributed by atoms with van der Waals surface area (Å²) in [7, 11) is 3.62. The number of nitrogens with zero attached hydrogens (tertiary/aromatic N) is 2. The quantitative estimate of drug-likeness (QED) is 0.582. The van der Waals surface area contributed by atoms with E-state index in [1.165, 1.54) is 21.9 Å². The van der Waals surface area contributed by atoms with E-state index in [1.807, 2.05) is 36.2 Å². The molecule has 0 bridgehead atoms. The lowest BCUT2D eigenvalue weighted by Crippen LogP contribution is -2.34. The molecule has 0 unspecified atom stereocenters. The molecule has 0 saturated heterocycles. The first-order valence-corrected chi connectivity index (χ1v) is 8.43. The van der Waals surface area contributed by atoms with Crippen molar-refractivity contribution in [2.75, 3.05) is 19.1 Å². The van der Waals surface area contributed by atoms with Crippen molar-refractivity contribution in [3.63, 3.8) is 0 Å². The van der Waals surface area contributed by atoms with Crippen molar-refractivity contribution in [1.29, 1.82) is 0 Å². The van der Waals surface area contributed by atoms with Gasteiger partial charge in [-0.05, 0) is 65.1 Å². The topological polar surface area (TPSA) is 50.9 Å². The van der Waals surface area contributed by atoms with Gasteiger partial charge in [-0.25, -0.2) is 4.99 Å². The Labute approximate surface area is 147 Å². The van der Waals surface area contributed by atoms with Crippen LogP contribution in [-0.4, -0.2) is 20.1 Å². The van der Waals surface area contributed by atoms with Gasteiger partial charge in [-0.3, -0.25) is 0 Å². The van der Waals surface area contributed by atoms with Gasteiger partial charge < -0.3 is 15.4 Å². The van der Waals surface area contributed by atoms with E-state index in [9.17, 15) is 0 Å². The van der Waals surface area contributed by atoms with Gasteiger partial charge in [-0.2, -0.15) is 0 Å². The first-order chi connectivity index (χ1) is 12.2. The number of methoxy groups -OCH3 is 1. The Bertz CT molecular complexity index is 961. The van der Waals surface area contributed by atoms with E-state index >= 15 is 0 Å². The number of nitrogens with two attached hydrogens (primary N) is 1. The fourth-order valence-electron chi connectivity index (χ4n) is 3.55. The molecule has 0 spiro atoms. The number of guanidine groups is 1. The third-order valence-corrected chi connectivity index (χ3v) is 4.88. The molecule has 0 amide bonds. The van der Waals surface area contributed by atoms with Crippen LogP contribution in [0.4, 0.5) is 11.4 Å². The molecule has 3 aromatic rings. The van der Waals surface area contributed by atoms with E-state index in [1.54, 1.807) is 7.11 Å². The molecule has 0 heterocycles. The molecule has 3 aromatic carbocycles. The maximum atomic E-state index is 6.28. The van der Waals surface area contributed by atoms with Crippen LogP contribution < -0.4 is 15.4 Å². The van der Waals surface area contributed by atoms with Crippen molar-refractivity contribution >= 4 is 28.1 Å². The third-order valence-electron chi connectivity index (χ3n) is 4.88. The van der Waals surface area contributed by atoms with E-state index < -0.39 is 0 Å². The van der Waals surface area contributed by atoms with Crippen molar-refractivity contribution in [3.8, 4) is 5.75 Å². The third kappa shape index (κ3) is 2.70. The first-order valence-electron chi connectivity index (χ1n) is 8.43. The highest BCUT2D eigenvalue weighted by Gasteiger charge is 2.20. The highest BCUT2D eigenvalue weighted by Crippen LogP contribution is 2.37. The van der Waals surface area contributed by atoms with Gasteiger partial charge in [0.1, 0.15) is 5.75 Å². The normalized spacial score (nSPS) is 13.3. The average molecular weight is 331 g/mol. The lowest BCUT2D eigenvalue weighted by Gasteiger charge is -2.21. The van der Waals surface area contributed by atoms with Crippen molar-refractivity contribution in [1.82, 2.24) is 0 Å². The minimum absolute atomic E-state index is 0.477. The predicted molar refractivity (Wildman–Crippen MR) is 104 cm³/mol. The maximum Gasteiger partial charge on any atom is 0.200 e. The summed E-state index contributed by atoms with van der Waals surface area (Å²) < 4.78 is 5.18. The van der Waals surface area contributed by atoms with Crippen LogP contribution in [0.25, 0.3) is 10.8 Å². The first kappa shape index (κ1) is 15.5. The maximum absolute atomic E-state index is 6.28. The molecular weight excluding hydrogens is 310 g/mol. The number of aryl methyl sites for hydroxylation is 2. The Kier molecular flexibility index (Phi) is 3.80. The summed E-state index contributed by atoms with van der Waals surface area (Å²) in [5.74, 6) is 1.28. The van der Waals surface area contributed by atoms with Crippen LogP contribution in [0.5, 0.6) is 5.75 Å². The van der Waals surface area contributed by atoms with Crippen LogP contribution in [0.15, 0.2) is 59.6 Å². The molecule has 0 radical (unpaired) electrons. The van der Waals surface area contributed by atoms with Crippen molar-refractivity contribution in [3.05, 3.63) is 65.7 Å². The highest BCUT2D eigenvalue weighted by molar-refractivity contribution is 6.02. The largest absolute Gasteiger partial charge is 0.497 e. The molecule has 0 fully saturated rings. The van der Waals surface area contributed by atoms with Crippen LogP contribution >= 0.6 is 0 Å². The van der Waals surface area contributed by atoms with Gasteiger partial charge in [0.05, 0.1) is 12.8 Å². The van der Waals surface area contributed by atoms with Crippen LogP contribution in [0, 0.1) is 0 Å². The van der Waals surface area contributed by atoms with E-state index in [-0.39, 0.29) is 0 Å². The standard InChI is InChI=1S/C21H21N3O/c1-24(21(22)23-16-8-10-17(25-2)11-9-16)19-13-7-15-5-3-4-14-6-12-18(19)20(14)15/h3-5,7-11,13H,6,12H2,1-2H3,(H2,22,23). The zero-order chi connectivity index (χ0) is 17.4. The number of rotatable bonds is 3. The summed E-state index contributed by atoms with van der Waals surface area (Å²) in [6.07, 6.45) is 2.14. The minimum atomic E-state index is 0.477. The molecule has 25 heavy (non-hydrogen) atoms. The smallest absolute Gasteiger partial charge is 0.200 e. The van der Waals surface area contributed by atoms with Gasteiger partial charge in [0, 0.05) is 12.7 Å². The second-order valence-electron chi connectivity index (χ2n) is 6.31. The Morgan fingerprint density at radius 3 is 2.60 bits per heavy atom. The average Bonchev–Trinajstić information content (AvgIpc) is 3.08. The molecule has 2 N–H and O–H groups in total. The Morgan fingerprint density at radius 1 is 1.04 bits per heavy atom. The zero-order valence-electron chi connectivity index (χ0n) is 14.5. The van der Waals surface area contributed by atoms with Gasteiger partial charge in [0.2, 0.25) is 5.96 Å². The van der Waals surface area contributed by atoms with Gasteiger partial charge >= 0.3 is 0 Å². The Hall–Kier alpha value is -3.01. The van der Waals surface area contributed by atoms with Gasteiger partial charge in [0.15, 0.2) is 0 Å². The monoisotopic (exact) mass is 331 g/mol. The Balaban J connectivity index is 1.70. The predicted octanol–water partition coefficient (Wildman–Crippen LogP) is 4.03. The lowest BCUT2D eigenvalue weighted by atomic mass is 10.0. The molecule has 4 heteroatoms. The van der Waals surface area contributed by atoms with Gasteiger partial charge in [0.25, 0.3) is 0 Å². The van der Waals surface area contributed by atoms with Crippen LogP contribution in [0.3, 0.4) is 0 Å². The second-order valence-corrected chi connectivity index (χ2v) is 6.31. The zero-order valence-corrected chi connectivity index (χ0v) is 14.5. The molecule has 126 valence electrons. The number of ether oxygens (including phenoxy) is 1. The Morgan fingerprint density at radius 2 is 1.84 bits per heavy atom. The number of aliphatic imine (C=N–C) groups is 1. The second kappa shape index (κ2) is 6.13. The molecule has 0 saturated carbocycles. The van der Waals surface area contributed by atoms with Crippen molar-refractivity contribution in [2.24, 2.45) is 10.7 Å². The molecule has 4 nitrogen and oxygen atoms in total. The van der Waals surface area contributed by atoms with Crippen molar-refractivity contribution in [2.45, 2.75) is 12.8 Å². The van der Waals surface area contributed by atoms with Crippen LogP contribution in [-0.2, 0) is 12.8 Å². The van der Waals surface area contributed by atoms with E-state index in [0.29, 0.717) is 5.96 Å². The molecule has 0 aromatic heterocycles. The van der Waals surface area contributed by atoms with Gasteiger partial charge in [-0.15, -0.1) is 0 Å². The van der Waals surface area contributed by atoms with E-state index in [0.717, 1.165) is 30.0 Å². The summed E-state index contributed by atoms with van der Waals surface area (Å²) in [5.41, 5.74) is 11.0. The summed E-state index contributed by atoms with van der Waals surface area (Å²) >= 11 is 0. The SMILES string of the molecule is COc1ccc(N=C(N)N(C)c2ccc3cccc4c3c2CC4)cc1. The van der Waals surface area contributed by atoms with Crippen LogP contribution in [0.1, 0.15) is 11.1 Å². The van der Waals surface area contributed by atoms with E-state index in [2.05, 4.69) is 35.3 Å². The highest BCUT2D eigenvalue weighted by atomic mass is 16.5. The van der Waals surface area contributed by atoms with Crippen LogP contribution in [0.2, 0.25) is 0 Å².